The first-order valence-corrected chi connectivity index (χ1v) is 7.83. The molecule has 1 N–H and O–H groups in total. The van der Waals surface area contributed by atoms with Gasteiger partial charge in [-0.25, -0.2) is 0 Å². The van der Waals surface area contributed by atoms with Crippen molar-refractivity contribution in [3.05, 3.63) is 0 Å². The van der Waals surface area contributed by atoms with Crippen LogP contribution in [0.25, 0.3) is 0 Å². The van der Waals surface area contributed by atoms with Gasteiger partial charge < -0.3 is 10.2 Å². The Morgan fingerprint density at radius 3 is 2.00 bits per heavy atom. The predicted octanol–water partition coefficient (Wildman–Crippen LogP) is 3.13. The van der Waals surface area contributed by atoms with Crippen LogP contribution in [-0.2, 0) is 0 Å². The van der Waals surface area contributed by atoms with E-state index in [1.165, 1.54) is 32.2 Å². The molecular weight excluding hydrogens is 220 g/mol. The maximum absolute atomic E-state index is 3.84. The third-order valence-corrected chi connectivity index (χ3v) is 5.02. The summed E-state index contributed by atoms with van der Waals surface area (Å²) in [5, 5.41) is 3.84. The topological polar surface area (TPSA) is 15.3 Å². The van der Waals surface area contributed by atoms with Crippen LogP contribution in [0.1, 0.15) is 53.4 Å². The Hall–Kier alpha value is -0.0800. The van der Waals surface area contributed by atoms with Crippen LogP contribution in [-0.4, -0.2) is 37.1 Å². The van der Waals surface area contributed by atoms with Gasteiger partial charge in [-0.05, 0) is 56.9 Å². The van der Waals surface area contributed by atoms with Gasteiger partial charge in [0, 0.05) is 25.2 Å². The summed E-state index contributed by atoms with van der Waals surface area (Å²) in [6, 6.07) is 1.49. The highest BCUT2D eigenvalue weighted by Gasteiger charge is 2.40. The highest BCUT2D eigenvalue weighted by Crippen LogP contribution is 2.44. The number of likely N-dealkylation sites (N-methyl/N-ethyl adjacent to an activating group) is 1. The summed E-state index contributed by atoms with van der Waals surface area (Å²) >= 11 is 0. The molecule has 0 aromatic heterocycles. The molecule has 1 atom stereocenters. The SMILES string of the molecule is CC(N(C)CCNC(C1CC1)C1CC1)C(C)(C)C. The van der Waals surface area contributed by atoms with Gasteiger partial charge in [-0.1, -0.05) is 20.8 Å². The van der Waals surface area contributed by atoms with Crippen molar-refractivity contribution in [2.75, 3.05) is 20.1 Å². The molecule has 0 bridgehead atoms. The summed E-state index contributed by atoms with van der Waals surface area (Å²) in [6.07, 6.45) is 5.90. The lowest BCUT2D eigenvalue weighted by molar-refractivity contribution is 0.140. The first-order chi connectivity index (χ1) is 8.39. The van der Waals surface area contributed by atoms with E-state index in [4.69, 9.17) is 0 Å². The number of rotatable bonds is 7. The van der Waals surface area contributed by atoms with Crippen LogP contribution in [0.4, 0.5) is 0 Å². The third kappa shape index (κ3) is 3.96. The molecule has 0 saturated heterocycles. The number of hydrogen-bond acceptors (Lipinski definition) is 2. The van der Waals surface area contributed by atoms with Gasteiger partial charge in [0.05, 0.1) is 0 Å². The summed E-state index contributed by atoms with van der Waals surface area (Å²) in [6.45, 7) is 11.7. The Morgan fingerprint density at radius 1 is 1.11 bits per heavy atom. The molecule has 0 spiro atoms. The van der Waals surface area contributed by atoms with Crippen LogP contribution in [0, 0.1) is 17.3 Å². The standard InChI is InChI=1S/C16H32N2/c1-12(16(2,3)4)18(5)11-10-17-15(13-6-7-13)14-8-9-14/h12-15,17H,6-11H2,1-5H3. The zero-order valence-corrected chi connectivity index (χ0v) is 13.0. The average molecular weight is 252 g/mol. The second kappa shape index (κ2) is 5.50. The minimum Gasteiger partial charge on any atom is -0.312 e. The Kier molecular flexibility index (Phi) is 4.38. The van der Waals surface area contributed by atoms with Crippen LogP contribution in [0.15, 0.2) is 0 Å². The lowest BCUT2D eigenvalue weighted by Gasteiger charge is -2.35. The molecule has 0 radical (unpaired) electrons. The largest absolute Gasteiger partial charge is 0.312 e. The normalized spacial score (nSPS) is 22.8. The van der Waals surface area contributed by atoms with Gasteiger partial charge in [0.25, 0.3) is 0 Å². The van der Waals surface area contributed by atoms with Crippen LogP contribution < -0.4 is 5.32 Å². The smallest absolute Gasteiger partial charge is 0.0124 e. The molecule has 2 nitrogen and oxygen atoms in total. The van der Waals surface area contributed by atoms with Gasteiger partial charge >= 0.3 is 0 Å². The van der Waals surface area contributed by atoms with Crippen molar-refractivity contribution >= 4 is 0 Å². The van der Waals surface area contributed by atoms with Crippen LogP contribution in [0.5, 0.6) is 0 Å². The summed E-state index contributed by atoms with van der Waals surface area (Å²) in [7, 11) is 2.26. The Bertz CT molecular complexity index is 249. The van der Waals surface area contributed by atoms with Crippen molar-refractivity contribution in [3.63, 3.8) is 0 Å². The average Bonchev–Trinajstić information content (AvgIpc) is 3.14. The van der Waals surface area contributed by atoms with Crippen molar-refractivity contribution in [2.24, 2.45) is 17.3 Å². The zero-order chi connectivity index (χ0) is 13.3. The second-order valence-electron chi connectivity index (χ2n) is 7.68. The molecule has 2 heteroatoms. The van der Waals surface area contributed by atoms with Gasteiger partial charge in [-0.15, -0.1) is 0 Å². The number of nitrogens with one attached hydrogen (secondary N) is 1. The van der Waals surface area contributed by atoms with Crippen molar-refractivity contribution in [1.82, 2.24) is 10.2 Å². The van der Waals surface area contributed by atoms with Crippen molar-refractivity contribution in [1.29, 1.82) is 0 Å². The molecule has 2 aliphatic carbocycles. The molecule has 2 saturated carbocycles. The first-order valence-electron chi connectivity index (χ1n) is 7.83. The zero-order valence-electron chi connectivity index (χ0n) is 13.0. The minimum atomic E-state index is 0.376. The second-order valence-corrected chi connectivity index (χ2v) is 7.68. The molecule has 2 fully saturated rings. The van der Waals surface area contributed by atoms with Crippen LogP contribution >= 0.6 is 0 Å². The fourth-order valence-corrected chi connectivity index (χ4v) is 2.89. The summed E-state index contributed by atoms with van der Waals surface area (Å²) in [4.78, 5) is 2.50. The molecular formula is C16H32N2. The quantitative estimate of drug-likeness (QED) is 0.749. The van der Waals surface area contributed by atoms with E-state index in [1.54, 1.807) is 0 Å². The predicted molar refractivity (Wildman–Crippen MR) is 78.8 cm³/mol. The van der Waals surface area contributed by atoms with Crippen molar-refractivity contribution in [3.8, 4) is 0 Å². The van der Waals surface area contributed by atoms with Crippen molar-refractivity contribution in [2.45, 2.75) is 65.5 Å². The lowest BCUT2D eigenvalue weighted by Crippen LogP contribution is -2.44. The van der Waals surface area contributed by atoms with E-state index in [2.05, 4.69) is 45.0 Å². The van der Waals surface area contributed by atoms with Crippen LogP contribution in [0.2, 0.25) is 0 Å². The highest BCUT2D eigenvalue weighted by molar-refractivity contribution is 4.96. The summed E-state index contributed by atoms with van der Waals surface area (Å²) in [5.41, 5.74) is 0.376. The lowest BCUT2D eigenvalue weighted by atomic mass is 9.87. The fraction of sp³-hybridized carbons (Fsp3) is 1.00. The fourth-order valence-electron chi connectivity index (χ4n) is 2.89. The minimum absolute atomic E-state index is 0.376. The van der Waals surface area contributed by atoms with Crippen molar-refractivity contribution < 1.29 is 0 Å². The first kappa shape index (κ1) is 14.3. The van der Waals surface area contributed by atoms with Gasteiger partial charge in [0.1, 0.15) is 0 Å². The summed E-state index contributed by atoms with van der Waals surface area (Å²) in [5.74, 6) is 2.03. The maximum Gasteiger partial charge on any atom is 0.0124 e. The van der Waals surface area contributed by atoms with E-state index >= 15 is 0 Å². The van der Waals surface area contributed by atoms with Crippen LogP contribution in [0.3, 0.4) is 0 Å². The summed E-state index contributed by atoms with van der Waals surface area (Å²) < 4.78 is 0. The molecule has 0 heterocycles. The molecule has 0 amide bonds. The van der Waals surface area contributed by atoms with E-state index < -0.39 is 0 Å². The van der Waals surface area contributed by atoms with E-state index in [0.29, 0.717) is 11.5 Å². The van der Waals surface area contributed by atoms with E-state index in [1.807, 2.05) is 0 Å². The molecule has 1 unspecified atom stereocenters. The molecule has 0 aromatic carbocycles. The van der Waals surface area contributed by atoms with Gasteiger partial charge in [-0.3, -0.25) is 0 Å². The van der Waals surface area contributed by atoms with E-state index in [-0.39, 0.29) is 0 Å². The van der Waals surface area contributed by atoms with Gasteiger partial charge in [0.15, 0.2) is 0 Å². The maximum atomic E-state index is 3.84. The number of nitrogens with zero attached hydrogens (tertiary/aromatic N) is 1. The molecule has 18 heavy (non-hydrogen) atoms. The molecule has 0 aromatic rings. The molecule has 0 aliphatic heterocycles. The van der Waals surface area contributed by atoms with E-state index in [9.17, 15) is 0 Å². The Labute approximate surface area is 114 Å². The van der Waals surface area contributed by atoms with Gasteiger partial charge in [0.2, 0.25) is 0 Å². The molecule has 2 aliphatic rings. The highest BCUT2D eigenvalue weighted by atomic mass is 15.1. The van der Waals surface area contributed by atoms with E-state index in [0.717, 1.165) is 24.4 Å². The number of hydrogen-bond donors (Lipinski definition) is 1. The molecule has 106 valence electrons. The third-order valence-electron chi connectivity index (χ3n) is 5.02. The Balaban J connectivity index is 1.67. The van der Waals surface area contributed by atoms with Gasteiger partial charge in [-0.2, -0.15) is 0 Å². The monoisotopic (exact) mass is 252 g/mol. The molecule has 2 rings (SSSR count). The Morgan fingerprint density at radius 2 is 1.61 bits per heavy atom.